The highest BCUT2D eigenvalue weighted by molar-refractivity contribution is 6.75. The Kier molecular flexibility index (Phi) is 2.27. The third kappa shape index (κ3) is 1.34. The molecule has 1 rings (SSSR count). The van der Waals surface area contributed by atoms with Crippen LogP contribution in [-0.4, -0.2) is 22.5 Å². The summed E-state index contributed by atoms with van der Waals surface area (Å²) in [7, 11) is 3.10. The lowest BCUT2D eigenvalue weighted by Crippen LogP contribution is -2.57. The van der Waals surface area contributed by atoms with Crippen molar-refractivity contribution in [1.29, 1.82) is 0 Å². The van der Waals surface area contributed by atoms with Gasteiger partial charge in [0.2, 0.25) is 8.40 Å². The summed E-state index contributed by atoms with van der Waals surface area (Å²) in [6.45, 7) is 0. The Morgan fingerprint density at radius 3 is 1.67 bits per heavy atom. The van der Waals surface area contributed by atoms with Gasteiger partial charge in [0.05, 0.1) is 0 Å². The van der Waals surface area contributed by atoms with Gasteiger partial charge in [0.1, 0.15) is 0 Å². The van der Waals surface area contributed by atoms with Crippen LogP contribution >= 0.6 is 0 Å². The molecule has 1 fully saturated rings. The van der Waals surface area contributed by atoms with E-state index in [4.69, 9.17) is 0 Å². The smallest absolute Gasteiger partial charge is 0.200 e. The molecule has 0 spiro atoms. The van der Waals surface area contributed by atoms with Crippen LogP contribution in [0.25, 0.3) is 0 Å². The second-order valence-corrected chi connectivity index (χ2v) is 6.95. The maximum Gasteiger partial charge on any atom is 0.200 e. The summed E-state index contributed by atoms with van der Waals surface area (Å²) in [5, 5.41) is 0. The van der Waals surface area contributed by atoms with Gasteiger partial charge < -0.3 is 9.96 Å². The van der Waals surface area contributed by atoms with E-state index in [9.17, 15) is 0 Å². The number of hydrogen-bond donors (Lipinski definition) is 2. The lowest BCUT2D eigenvalue weighted by atomic mass is 10.4. The monoisotopic (exact) mass is 144 g/mol. The van der Waals surface area contributed by atoms with Crippen LogP contribution in [0.1, 0.15) is 12.8 Å². The van der Waals surface area contributed by atoms with E-state index in [1.54, 1.807) is 0 Å². The van der Waals surface area contributed by atoms with E-state index in [-0.39, 0.29) is 0 Å². The fraction of sp³-hybridized carbons (Fsp3) is 1.00. The van der Waals surface area contributed by atoms with E-state index >= 15 is 0 Å². The zero-order valence-electron chi connectivity index (χ0n) is 6.33. The third-order valence-electron chi connectivity index (χ3n) is 2.41. The van der Waals surface area contributed by atoms with Crippen molar-refractivity contribution >= 4 is 8.40 Å². The lowest BCUT2D eigenvalue weighted by molar-refractivity contribution is 0.935. The summed E-state index contributed by atoms with van der Waals surface area (Å²) in [6, 6.07) is 2.83. The highest BCUT2D eigenvalue weighted by Gasteiger charge is 2.33. The first-order valence-electron chi connectivity index (χ1n) is 3.71. The van der Waals surface area contributed by atoms with E-state index in [2.05, 4.69) is 24.1 Å². The van der Waals surface area contributed by atoms with Crippen molar-refractivity contribution in [3.8, 4) is 0 Å². The Bertz CT molecular complexity index is 83.1. The summed E-state index contributed by atoms with van der Waals surface area (Å²) in [6.07, 6.45) is 2.85. The van der Waals surface area contributed by atoms with Gasteiger partial charge in [-0.05, 0) is 26.2 Å². The zero-order chi connectivity index (χ0) is 6.74. The molecule has 54 valence electrons. The third-order valence-corrected chi connectivity index (χ3v) is 6.74. The SMILES string of the molecule is CN[Si]1(NC)CCCC1. The molecular formula is C6H16N2Si. The van der Waals surface area contributed by atoms with Crippen LogP contribution in [0, 0.1) is 0 Å². The van der Waals surface area contributed by atoms with Crippen molar-refractivity contribution in [3.63, 3.8) is 0 Å². The predicted molar refractivity (Wildman–Crippen MR) is 42.7 cm³/mol. The van der Waals surface area contributed by atoms with Gasteiger partial charge >= 0.3 is 0 Å². The van der Waals surface area contributed by atoms with Crippen LogP contribution in [0.2, 0.25) is 12.1 Å². The average molecular weight is 144 g/mol. The van der Waals surface area contributed by atoms with Crippen molar-refractivity contribution < 1.29 is 0 Å². The average Bonchev–Trinajstić information content (AvgIpc) is 2.36. The maximum absolute atomic E-state index is 3.45. The number of rotatable bonds is 2. The second-order valence-electron chi connectivity index (χ2n) is 2.79. The fourth-order valence-corrected chi connectivity index (χ4v) is 4.81. The molecule has 2 nitrogen and oxygen atoms in total. The molecule has 1 aliphatic rings. The van der Waals surface area contributed by atoms with Crippen molar-refractivity contribution in [2.75, 3.05) is 14.1 Å². The molecule has 1 aliphatic heterocycles. The minimum Gasteiger partial charge on any atom is -0.328 e. The quantitative estimate of drug-likeness (QED) is 0.556. The predicted octanol–water partition coefficient (Wildman–Crippen LogP) is 0.661. The van der Waals surface area contributed by atoms with E-state index in [1.807, 2.05) is 0 Å². The minimum atomic E-state index is -1.08. The van der Waals surface area contributed by atoms with Crippen molar-refractivity contribution in [2.45, 2.75) is 24.9 Å². The van der Waals surface area contributed by atoms with Gasteiger partial charge in [0.25, 0.3) is 0 Å². The Labute approximate surface area is 58.2 Å². The Morgan fingerprint density at radius 1 is 1.00 bits per heavy atom. The molecule has 9 heavy (non-hydrogen) atoms. The van der Waals surface area contributed by atoms with Gasteiger partial charge in [0.15, 0.2) is 0 Å². The first-order chi connectivity index (χ1) is 4.33. The molecule has 3 heteroatoms. The highest BCUT2D eigenvalue weighted by atomic mass is 28.3. The molecule has 0 unspecified atom stereocenters. The Hall–Kier alpha value is 0.137. The molecule has 0 amide bonds. The molecule has 0 atom stereocenters. The van der Waals surface area contributed by atoms with Crippen LogP contribution in [0.5, 0.6) is 0 Å². The Balaban J connectivity index is 2.45. The molecule has 0 bridgehead atoms. The van der Waals surface area contributed by atoms with E-state index < -0.39 is 8.40 Å². The topological polar surface area (TPSA) is 24.1 Å². The van der Waals surface area contributed by atoms with E-state index in [0.29, 0.717) is 0 Å². The largest absolute Gasteiger partial charge is 0.328 e. The molecule has 0 aromatic carbocycles. The molecule has 1 saturated heterocycles. The van der Waals surface area contributed by atoms with E-state index in [1.165, 1.54) is 24.9 Å². The van der Waals surface area contributed by atoms with Crippen molar-refractivity contribution in [1.82, 2.24) is 9.96 Å². The highest BCUT2D eigenvalue weighted by Crippen LogP contribution is 2.24. The molecule has 0 radical (unpaired) electrons. The summed E-state index contributed by atoms with van der Waals surface area (Å²) in [4.78, 5) is 6.91. The molecule has 0 aliphatic carbocycles. The summed E-state index contributed by atoms with van der Waals surface area (Å²) in [5.74, 6) is 0. The van der Waals surface area contributed by atoms with Crippen molar-refractivity contribution in [2.24, 2.45) is 0 Å². The van der Waals surface area contributed by atoms with Gasteiger partial charge in [-0.3, -0.25) is 0 Å². The molecule has 0 saturated carbocycles. The second kappa shape index (κ2) is 2.81. The van der Waals surface area contributed by atoms with Crippen LogP contribution in [0.3, 0.4) is 0 Å². The molecule has 0 aromatic rings. The minimum absolute atomic E-state index is 1.08. The first-order valence-corrected chi connectivity index (χ1v) is 6.12. The molecule has 2 N–H and O–H groups in total. The normalized spacial score (nSPS) is 24.7. The summed E-state index contributed by atoms with van der Waals surface area (Å²) < 4.78 is 0. The van der Waals surface area contributed by atoms with Crippen LogP contribution in [0.4, 0.5) is 0 Å². The van der Waals surface area contributed by atoms with Gasteiger partial charge in [-0.1, -0.05) is 12.8 Å². The van der Waals surface area contributed by atoms with E-state index in [0.717, 1.165) is 0 Å². The van der Waals surface area contributed by atoms with Gasteiger partial charge in [-0.2, -0.15) is 0 Å². The molecule has 1 heterocycles. The van der Waals surface area contributed by atoms with Gasteiger partial charge in [-0.25, -0.2) is 0 Å². The summed E-state index contributed by atoms with van der Waals surface area (Å²) >= 11 is 0. The fourth-order valence-electron chi connectivity index (χ4n) is 1.60. The van der Waals surface area contributed by atoms with Crippen LogP contribution < -0.4 is 9.96 Å². The maximum atomic E-state index is 3.45. The first kappa shape index (κ1) is 7.25. The number of hydrogen-bond acceptors (Lipinski definition) is 2. The Morgan fingerprint density at radius 2 is 1.44 bits per heavy atom. The molecule has 0 aromatic heterocycles. The number of nitrogens with one attached hydrogen (secondary N) is 2. The molecular weight excluding hydrogens is 128 g/mol. The van der Waals surface area contributed by atoms with Crippen molar-refractivity contribution in [3.05, 3.63) is 0 Å². The summed E-state index contributed by atoms with van der Waals surface area (Å²) in [5.41, 5.74) is 0. The van der Waals surface area contributed by atoms with Crippen LogP contribution in [0.15, 0.2) is 0 Å². The standard InChI is InChI=1S/C6H16N2Si/c1-7-9(8-2)5-3-4-6-9/h7-8H,3-6H2,1-2H3. The zero-order valence-corrected chi connectivity index (χ0v) is 7.33. The lowest BCUT2D eigenvalue weighted by Gasteiger charge is -2.23. The van der Waals surface area contributed by atoms with Gasteiger partial charge in [-0.15, -0.1) is 0 Å². The van der Waals surface area contributed by atoms with Gasteiger partial charge in [0, 0.05) is 0 Å². The van der Waals surface area contributed by atoms with Crippen LogP contribution in [-0.2, 0) is 0 Å².